The number of ether oxygens (including phenoxy) is 2. The molecule has 0 unspecified atom stereocenters. The number of hydrogen-bond donors (Lipinski definition) is 1. The van der Waals surface area contributed by atoms with Crippen LogP contribution in [0.3, 0.4) is 0 Å². The van der Waals surface area contributed by atoms with Crippen LogP contribution in [0.4, 0.5) is 5.69 Å². The highest BCUT2D eigenvalue weighted by atomic mass is 32.1. The van der Waals surface area contributed by atoms with Crippen molar-refractivity contribution in [3.8, 4) is 5.75 Å². The number of methoxy groups -OCH3 is 1. The molecule has 22 heavy (non-hydrogen) atoms. The molecule has 1 amide bonds. The molecule has 1 aromatic carbocycles. The van der Waals surface area contributed by atoms with Gasteiger partial charge >= 0.3 is 0 Å². The molecule has 0 radical (unpaired) electrons. The fraction of sp³-hybridized carbons (Fsp3) is 0.375. The Morgan fingerprint density at radius 2 is 2.00 bits per heavy atom. The van der Waals surface area contributed by atoms with E-state index in [1.54, 1.807) is 7.11 Å². The SMILES string of the molecule is COCc1nc(C)c(C(=O)Nc2ccc(OC(C)C)cc2)s1. The summed E-state index contributed by atoms with van der Waals surface area (Å²) >= 11 is 1.35. The summed E-state index contributed by atoms with van der Waals surface area (Å²) < 4.78 is 10.6. The van der Waals surface area contributed by atoms with Gasteiger partial charge in [0.15, 0.2) is 0 Å². The summed E-state index contributed by atoms with van der Waals surface area (Å²) in [5.41, 5.74) is 1.44. The number of carbonyl (C=O) groups excluding carboxylic acids is 1. The van der Waals surface area contributed by atoms with Crippen LogP contribution in [0.15, 0.2) is 24.3 Å². The lowest BCUT2D eigenvalue weighted by atomic mass is 10.3. The quantitative estimate of drug-likeness (QED) is 0.883. The summed E-state index contributed by atoms with van der Waals surface area (Å²) in [4.78, 5) is 17.2. The molecule has 0 atom stereocenters. The molecule has 0 fully saturated rings. The molecule has 0 spiro atoms. The minimum Gasteiger partial charge on any atom is -0.491 e. The Balaban J connectivity index is 2.05. The maximum absolute atomic E-state index is 12.3. The number of rotatable bonds is 6. The third-order valence-corrected chi connectivity index (χ3v) is 3.93. The van der Waals surface area contributed by atoms with Crippen LogP contribution in [0.2, 0.25) is 0 Å². The summed E-state index contributed by atoms with van der Waals surface area (Å²) in [6.07, 6.45) is 0.125. The molecule has 0 aliphatic rings. The minimum absolute atomic E-state index is 0.125. The molecule has 0 bridgehead atoms. The maximum Gasteiger partial charge on any atom is 0.267 e. The molecule has 6 heteroatoms. The first kappa shape index (κ1) is 16.5. The number of benzene rings is 1. The fourth-order valence-electron chi connectivity index (χ4n) is 1.93. The summed E-state index contributed by atoms with van der Waals surface area (Å²) in [5, 5.41) is 3.67. The molecule has 118 valence electrons. The van der Waals surface area contributed by atoms with Crippen LogP contribution < -0.4 is 10.1 Å². The molecular weight excluding hydrogens is 300 g/mol. The zero-order chi connectivity index (χ0) is 16.1. The van der Waals surface area contributed by atoms with Crippen molar-refractivity contribution in [3.63, 3.8) is 0 Å². The van der Waals surface area contributed by atoms with Crippen LogP contribution in [-0.4, -0.2) is 24.1 Å². The van der Waals surface area contributed by atoms with E-state index in [0.29, 0.717) is 17.2 Å². The van der Waals surface area contributed by atoms with Gasteiger partial charge in [0.2, 0.25) is 0 Å². The average molecular weight is 320 g/mol. The Kier molecular flexibility index (Phi) is 5.51. The second kappa shape index (κ2) is 7.38. The number of thiazole rings is 1. The topological polar surface area (TPSA) is 60.5 Å². The van der Waals surface area contributed by atoms with Crippen molar-refractivity contribution >= 4 is 22.9 Å². The first-order valence-corrected chi connectivity index (χ1v) is 7.84. The molecule has 0 aliphatic carbocycles. The summed E-state index contributed by atoms with van der Waals surface area (Å²) in [5.74, 6) is 0.624. The van der Waals surface area contributed by atoms with Gasteiger partial charge in [-0.2, -0.15) is 0 Å². The lowest BCUT2D eigenvalue weighted by Gasteiger charge is -2.10. The highest BCUT2D eigenvalue weighted by Gasteiger charge is 2.15. The molecule has 0 aliphatic heterocycles. The summed E-state index contributed by atoms with van der Waals surface area (Å²) in [6, 6.07) is 7.32. The molecule has 0 saturated heterocycles. The molecule has 1 aromatic heterocycles. The summed E-state index contributed by atoms with van der Waals surface area (Å²) in [7, 11) is 1.61. The average Bonchev–Trinajstić information content (AvgIpc) is 2.82. The molecule has 0 saturated carbocycles. The van der Waals surface area contributed by atoms with Crippen molar-refractivity contribution < 1.29 is 14.3 Å². The third kappa shape index (κ3) is 4.29. The highest BCUT2D eigenvalue weighted by Crippen LogP contribution is 2.22. The first-order valence-electron chi connectivity index (χ1n) is 7.03. The summed E-state index contributed by atoms with van der Waals surface area (Å²) in [6.45, 7) is 6.18. The van der Waals surface area contributed by atoms with Crippen molar-refractivity contribution in [3.05, 3.63) is 39.8 Å². The van der Waals surface area contributed by atoms with Gasteiger partial charge in [-0.3, -0.25) is 4.79 Å². The Hall–Kier alpha value is -1.92. The predicted octanol–water partition coefficient (Wildman–Crippen LogP) is 3.64. The maximum atomic E-state index is 12.3. The van der Waals surface area contributed by atoms with Gasteiger partial charge in [-0.05, 0) is 45.0 Å². The third-order valence-electron chi connectivity index (χ3n) is 2.80. The van der Waals surface area contributed by atoms with E-state index in [4.69, 9.17) is 9.47 Å². The second-order valence-corrected chi connectivity index (χ2v) is 6.18. The van der Waals surface area contributed by atoms with Crippen LogP contribution in [0, 0.1) is 6.92 Å². The van der Waals surface area contributed by atoms with Crippen molar-refractivity contribution in [2.24, 2.45) is 0 Å². The number of anilines is 1. The fourth-order valence-corrected chi connectivity index (χ4v) is 2.86. The van der Waals surface area contributed by atoms with Gasteiger partial charge in [0.05, 0.1) is 18.4 Å². The smallest absolute Gasteiger partial charge is 0.267 e. The zero-order valence-corrected chi connectivity index (χ0v) is 14.0. The van der Waals surface area contributed by atoms with Gasteiger partial charge in [-0.1, -0.05) is 0 Å². The van der Waals surface area contributed by atoms with Crippen molar-refractivity contribution in [2.75, 3.05) is 12.4 Å². The van der Waals surface area contributed by atoms with Gasteiger partial charge in [-0.15, -0.1) is 11.3 Å². The van der Waals surface area contributed by atoms with E-state index < -0.39 is 0 Å². The van der Waals surface area contributed by atoms with Gasteiger partial charge in [0.1, 0.15) is 15.6 Å². The van der Waals surface area contributed by atoms with Gasteiger partial charge < -0.3 is 14.8 Å². The Bertz CT molecular complexity index is 635. The van der Waals surface area contributed by atoms with Gasteiger partial charge in [-0.25, -0.2) is 4.98 Å². The van der Waals surface area contributed by atoms with Crippen molar-refractivity contribution in [1.29, 1.82) is 0 Å². The van der Waals surface area contributed by atoms with Crippen molar-refractivity contribution in [2.45, 2.75) is 33.5 Å². The molecular formula is C16H20N2O3S. The highest BCUT2D eigenvalue weighted by molar-refractivity contribution is 7.13. The van der Waals surface area contributed by atoms with Crippen LogP contribution in [0.25, 0.3) is 0 Å². The van der Waals surface area contributed by atoms with Crippen LogP contribution >= 0.6 is 11.3 Å². The minimum atomic E-state index is -0.158. The number of hydrogen-bond acceptors (Lipinski definition) is 5. The molecule has 1 heterocycles. The van der Waals surface area contributed by atoms with Gasteiger partial charge in [0.25, 0.3) is 5.91 Å². The second-order valence-electron chi connectivity index (χ2n) is 5.10. The lowest BCUT2D eigenvalue weighted by Crippen LogP contribution is -2.11. The zero-order valence-electron chi connectivity index (χ0n) is 13.2. The number of nitrogens with zero attached hydrogens (tertiary/aromatic N) is 1. The molecule has 5 nitrogen and oxygen atoms in total. The molecule has 2 rings (SSSR count). The van der Waals surface area contributed by atoms with E-state index in [-0.39, 0.29) is 12.0 Å². The van der Waals surface area contributed by atoms with E-state index in [0.717, 1.165) is 16.4 Å². The van der Waals surface area contributed by atoms with E-state index in [9.17, 15) is 4.79 Å². The first-order chi connectivity index (χ1) is 10.5. The van der Waals surface area contributed by atoms with Crippen molar-refractivity contribution in [1.82, 2.24) is 4.98 Å². The van der Waals surface area contributed by atoms with Crippen LogP contribution in [0.5, 0.6) is 5.75 Å². The standard InChI is InChI=1S/C16H20N2O3S/c1-10(2)21-13-7-5-12(6-8-13)18-16(19)15-11(3)17-14(22-15)9-20-4/h5-8,10H,9H2,1-4H3,(H,18,19). The van der Waals surface area contributed by atoms with E-state index in [1.807, 2.05) is 45.0 Å². The Morgan fingerprint density at radius 3 is 2.59 bits per heavy atom. The largest absolute Gasteiger partial charge is 0.491 e. The molecule has 2 aromatic rings. The van der Waals surface area contributed by atoms with Crippen LogP contribution in [-0.2, 0) is 11.3 Å². The number of aromatic nitrogens is 1. The predicted molar refractivity (Wildman–Crippen MR) is 87.7 cm³/mol. The number of carbonyl (C=O) groups is 1. The molecule has 1 N–H and O–H groups in total. The normalized spacial score (nSPS) is 10.8. The van der Waals surface area contributed by atoms with E-state index in [2.05, 4.69) is 10.3 Å². The van der Waals surface area contributed by atoms with Crippen LogP contribution in [0.1, 0.15) is 34.2 Å². The van der Waals surface area contributed by atoms with Gasteiger partial charge in [0, 0.05) is 12.8 Å². The number of nitrogens with one attached hydrogen (secondary N) is 1. The number of aryl methyl sites for hydroxylation is 1. The monoisotopic (exact) mass is 320 g/mol. The van der Waals surface area contributed by atoms with E-state index >= 15 is 0 Å². The number of amides is 1. The lowest BCUT2D eigenvalue weighted by molar-refractivity contribution is 0.102. The van der Waals surface area contributed by atoms with E-state index in [1.165, 1.54) is 11.3 Å². The Morgan fingerprint density at radius 1 is 1.32 bits per heavy atom. The Labute approximate surface area is 134 Å².